The molecule has 4 fully saturated rings. The van der Waals surface area contributed by atoms with Crippen molar-refractivity contribution in [2.45, 2.75) is 44.8 Å². The summed E-state index contributed by atoms with van der Waals surface area (Å²) >= 11 is 0. The second-order valence-corrected chi connectivity index (χ2v) is 8.34. The molecule has 6 rings (SSSR count). The number of aromatic nitrogens is 3. The Hall–Kier alpha value is -1.92. The van der Waals surface area contributed by atoms with E-state index in [9.17, 15) is 5.11 Å². The van der Waals surface area contributed by atoms with Crippen LogP contribution >= 0.6 is 0 Å². The first-order valence-electron chi connectivity index (χ1n) is 9.56. The predicted octanol–water partition coefficient (Wildman–Crippen LogP) is 3.19. The molecule has 3 aliphatic carbocycles. The third kappa shape index (κ3) is 2.63. The highest BCUT2D eigenvalue weighted by Crippen LogP contribution is 2.72. The van der Waals surface area contributed by atoms with Crippen molar-refractivity contribution in [3.8, 4) is 17.1 Å². The van der Waals surface area contributed by atoms with Gasteiger partial charge in [0.1, 0.15) is 5.75 Å². The number of rotatable bonds is 6. The Morgan fingerprint density at radius 1 is 1.19 bits per heavy atom. The molecule has 1 saturated heterocycles. The number of hydrogen-bond acceptors (Lipinski definition) is 5. The monoisotopic (exact) mass is 355 g/mol. The molecule has 0 aromatic carbocycles. The van der Waals surface area contributed by atoms with Crippen LogP contribution in [-0.2, 0) is 4.74 Å². The molecule has 2 bridgehead atoms. The molecule has 2 aromatic heterocycles. The van der Waals surface area contributed by atoms with Gasteiger partial charge in [-0.1, -0.05) is 0 Å². The molecule has 1 atom stereocenters. The number of pyridine rings is 1. The largest absolute Gasteiger partial charge is 0.491 e. The van der Waals surface area contributed by atoms with Crippen molar-refractivity contribution in [3.05, 3.63) is 30.6 Å². The number of ether oxygens (including phenoxy) is 2. The summed E-state index contributed by atoms with van der Waals surface area (Å²) in [5.74, 6) is 0.802. The molecule has 0 spiro atoms. The first-order chi connectivity index (χ1) is 12.7. The molecule has 138 valence electrons. The normalized spacial score (nSPS) is 32.6. The maximum atomic E-state index is 9.35. The Morgan fingerprint density at radius 2 is 2.08 bits per heavy atom. The van der Waals surface area contributed by atoms with Crippen LogP contribution in [0.1, 0.15) is 44.8 Å². The van der Waals surface area contributed by atoms with Crippen molar-refractivity contribution in [1.82, 2.24) is 14.8 Å². The zero-order valence-corrected chi connectivity index (χ0v) is 14.9. The topological polar surface area (TPSA) is 69.4 Å². The molecule has 6 nitrogen and oxygen atoms in total. The smallest absolute Gasteiger partial charge is 0.150 e. The molecule has 4 aliphatic rings. The first kappa shape index (κ1) is 16.3. The Morgan fingerprint density at radius 3 is 2.77 bits per heavy atom. The van der Waals surface area contributed by atoms with Gasteiger partial charge in [-0.2, -0.15) is 5.10 Å². The SMILES string of the molecule is OCC12CC(COc3ccc(-c4ccnn4C4CCCCO4)nc3)(C1)C2. The Kier molecular flexibility index (Phi) is 3.79. The Balaban J connectivity index is 1.24. The fraction of sp³-hybridized carbons (Fsp3) is 0.600. The standard InChI is InChI=1S/C20H25N3O3/c24-13-19-10-20(11-19,12-19)14-26-15-4-5-16(21-9-15)17-6-7-22-23(17)18-3-1-2-8-25-18/h4-7,9,18,24H,1-3,8,10-14H2. The molecule has 2 aromatic rings. The third-order valence-electron chi connectivity index (χ3n) is 6.23. The van der Waals surface area contributed by atoms with Crippen molar-refractivity contribution >= 4 is 0 Å². The van der Waals surface area contributed by atoms with Crippen molar-refractivity contribution in [1.29, 1.82) is 0 Å². The molecule has 1 aliphatic heterocycles. The average molecular weight is 355 g/mol. The summed E-state index contributed by atoms with van der Waals surface area (Å²) < 4.78 is 13.8. The van der Waals surface area contributed by atoms with Gasteiger partial charge in [0.15, 0.2) is 6.23 Å². The van der Waals surface area contributed by atoms with Crippen LogP contribution in [0.5, 0.6) is 5.75 Å². The molecule has 3 saturated carbocycles. The summed E-state index contributed by atoms with van der Waals surface area (Å²) in [4.78, 5) is 4.58. The summed E-state index contributed by atoms with van der Waals surface area (Å²) in [7, 11) is 0. The Labute approximate surface area is 153 Å². The highest BCUT2D eigenvalue weighted by Gasteiger charge is 2.67. The van der Waals surface area contributed by atoms with E-state index >= 15 is 0 Å². The van der Waals surface area contributed by atoms with Crippen LogP contribution in [0.4, 0.5) is 0 Å². The van der Waals surface area contributed by atoms with Gasteiger partial charge in [-0.05, 0) is 62.1 Å². The van der Waals surface area contributed by atoms with Crippen LogP contribution in [0, 0.1) is 10.8 Å². The summed E-state index contributed by atoms with van der Waals surface area (Å²) in [6.07, 6.45) is 10.2. The van der Waals surface area contributed by atoms with Gasteiger partial charge in [0.05, 0.1) is 24.2 Å². The van der Waals surface area contributed by atoms with E-state index in [4.69, 9.17) is 9.47 Å². The lowest BCUT2D eigenvalue weighted by molar-refractivity contribution is -0.235. The maximum Gasteiger partial charge on any atom is 0.150 e. The van der Waals surface area contributed by atoms with Crippen LogP contribution in [0.15, 0.2) is 30.6 Å². The number of nitrogens with zero attached hydrogens (tertiary/aromatic N) is 3. The maximum absolute atomic E-state index is 9.35. The second kappa shape index (κ2) is 6.06. The highest BCUT2D eigenvalue weighted by molar-refractivity contribution is 5.54. The minimum Gasteiger partial charge on any atom is -0.491 e. The second-order valence-electron chi connectivity index (χ2n) is 8.34. The molecular formula is C20H25N3O3. The molecule has 6 heteroatoms. The summed E-state index contributed by atoms with van der Waals surface area (Å²) in [5, 5.41) is 13.8. The van der Waals surface area contributed by atoms with Crippen LogP contribution in [0.2, 0.25) is 0 Å². The third-order valence-corrected chi connectivity index (χ3v) is 6.23. The van der Waals surface area contributed by atoms with Gasteiger partial charge in [0, 0.05) is 24.8 Å². The van der Waals surface area contributed by atoms with Gasteiger partial charge in [-0.15, -0.1) is 0 Å². The molecule has 26 heavy (non-hydrogen) atoms. The van der Waals surface area contributed by atoms with Gasteiger partial charge in [0.25, 0.3) is 0 Å². The predicted molar refractivity (Wildman–Crippen MR) is 95.6 cm³/mol. The zero-order valence-electron chi connectivity index (χ0n) is 14.9. The van der Waals surface area contributed by atoms with Crippen LogP contribution in [-0.4, -0.2) is 39.7 Å². The van der Waals surface area contributed by atoms with E-state index < -0.39 is 0 Å². The summed E-state index contributed by atoms with van der Waals surface area (Å²) in [6.45, 7) is 1.84. The van der Waals surface area contributed by atoms with Gasteiger partial charge < -0.3 is 14.6 Å². The fourth-order valence-corrected chi connectivity index (χ4v) is 5.07. The zero-order chi connectivity index (χ0) is 17.6. The molecule has 1 N–H and O–H groups in total. The van der Waals surface area contributed by atoms with E-state index in [1.807, 2.05) is 22.9 Å². The average Bonchev–Trinajstić information content (AvgIpc) is 3.11. The van der Waals surface area contributed by atoms with Crippen molar-refractivity contribution < 1.29 is 14.6 Å². The quantitative estimate of drug-likeness (QED) is 0.862. The number of aliphatic hydroxyl groups is 1. The lowest BCUT2D eigenvalue weighted by atomic mass is 9.36. The molecule has 3 heterocycles. The summed E-state index contributed by atoms with van der Waals surface area (Å²) in [6, 6.07) is 5.95. The van der Waals surface area contributed by atoms with Crippen molar-refractivity contribution in [2.24, 2.45) is 10.8 Å². The van der Waals surface area contributed by atoms with E-state index in [0.717, 1.165) is 62.5 Å². The van der Waals surface area contributed by atoms with Crippen LogP contribution in [0.25, 0.3) is 11.4 Å². The fourth-order valence-electron chi connectivity index (χ4n) is 5.07. The number of aliphatic hydroxyl groups excluding tert-OH is 1. The minimum absolute atomic E-state index is 0.00889. The molecule has 0 amide bonds. The van der Waals surface area contributed by atoms with Gasteiger partial charge in [-0.3, -0.25) is 4.98 Å². The van der Waals surface area contributed by atoms with Crippen LogP contribution < -0.4 is 4.74 Å². The van der Waals surface area contributed by atoms with E-state index in [0.29, 0.717) is 12.0 Å². The molecule has 1 unspecified atom stereocenters. The molecular weight excluding hydrogens is 330 g/mol. The minimum atomic E-state index is 0.00889. The highest BCUT2D eigenvalue weighted by atomic mass is 16.5. The van der Waals surface area contributed by atoms with Gasteiger partial charge in [-0.25, -0.2) is 4.68 Å². The lowest BCUT2D eigenvalue weighted by Crippen LogP contribution is -2.65. The van der Waals surface area contributed by atoms with Crippen LogP contribution in [0.3, 0.4) is 0 Å². The van der Waals surface area contributed by atoms with E-state index in [1.165, 1.54) is 6.42 Å². The van der Waals surface area contributed by atoms with Gasteiger partial charge >= 0.3 is 0 Å². The molecule has 0 radical (unpaired) electrons. The number of hydrogen-bond donors (Lipinski definition) is 1. The first-order valence-corrected chi connectivity index (χ1v) is 9.56. The Bertz CT molecular complexity index is 760. The van der Waals surface area contributed by atoms with Crippen molar-refractivity contribution in [3.63, 3.8) is 0 Å². The van der Waals surface area contributed by atoms with E-state index in [2.05, 4.69) is 10.1 Å². The summed E-state index contributed by atoms with van der Waals surface area (Å²) in [5.41, 5.74) is 2.39. The van der Waals surface area contributed by atoms with E-state index in [1.54, 1.807) is 12.4 Å². The lowest BCUT2D eigenvalue weighted by Gasteiger charge is -2.69. The van der Waals surface area contributed by atoms with Crippen molar-refractivity contribution in [2.75, 3.05) is 19.8 Å². The van der Waals surface area contributed by atoms with E-state index in [-0.39, 0.29) is 11.6 Å². The van der Waals surface area contributed by atoms with Gasteiger partial charge in [0.2, 0.25) is 0 Å².